The fourth-order valence-electron chi connectivity index (χ4n) is 2.77. The van der Waals surface area contributed by atoms with Gasteiger partial charge in [-0.1, -0.05) is 24.3 Å². The van der Waals surface area contributed by atoms with Gasteiger partial charge in [-0.2, -0.15) is 11.8 Å². The van der Waals surface area contributed by atoms with Gasteiger partial charge in [0.1, 0.15) is 12.4 Å². The van der Waals surface area contributed by atoms with Crippen molar-refractivity contribution in [3.8, 4) is 0 Å². The Labute approximate surface area is 156 Å². The quantitative estimate of drug-likeness (QED) is 0.701. The standard InChI is InChI=1S/C18H19N3O3S2/c1-25-12-17-19-13-7-3-5-9-15(13)21(17)11-18(22)20-14-8-4-6-10-16(14)26(2,23)24/h3-10H,11-12H2,1-2H3,(H,20,22). The molecule has 3 rings (SSSR count). The number of hydrogen-bond acceptors (Lipinski definition) is 5. The second-order valence-electron chi connectivity index (χ2n) is 5.85. The first-order valence-electron chi connectivity index (χ1n) is 7.92. The zero-order valence-electron chi connectivity index (χ0n) is 14.5. The number of thioether (sulfide) groups is 1. The highest BCUT2D eigenvalue weighted by atomic mass is 32.2. The van der Waals surface area contributed by atoms with Crippen LogP contribution in [0.1, 0.15) is 5.82 Å². The smallest absolute Gasteiger partial charge is 0.244 e. The molecule has 0 bridgehead atoms. The Balaban J connectivity index is 1.90. The van der Waals surface area contributed by atoms with Crippen LogP contribution < -0.4 is 5.32 Å². The molecule has 26 heavy (non-hydrogen) atoms. The first kappa shape index (κ1) is 18.5. The van der Waals surface area contributed by atoms with E-state index >= 15 is 0 Å². The molecule has 3 aromatic rings. The van der Waals surface area contributed by atoms with Crippen molar-refractivity contribution in [1.29, 1.82) is 0 Å². The van der Waals surface area contributed by atoms with Crippen molar-refractivity contribution in [1.82, 2.24) is 9.55 Å². The summed E-state index contributed by atoms with van der Waals surface area (Å²) in [5.41, 5.74) is 2.00. The number of rotatable bonds is 6. The molecule has 1 amide bonds. The number of aromatic nitrogens is 2. The Hall–Kier alpha value is -2.32. The minimum absolute atomic E-state index is 0.0640. The SMILES string of the molecule is CSCc1nc2ccccc2n1CC(=O)Nc1ccccc1S(C)(=O)=O. The van der Waals surface area contributed by atoms with Gasteiger partial charge in [-0.15, -0.1) is 0 Å². The van der Waals surface area contributed by atoms with E-state index < -0.39 is 9.84 Å². The van der Waals surface area contributed by atoms with Crippen LogP contribution in [0, 0.1) is 0 Å². The fourth-order valence-corrected chi connectivity index (χ4v) is 4.09. The Morgan fingerprint density at radius 1 is 1.15 bits per heavy atom. The van der Waals surface area contributed by atoms with Crippen molar-refractivity contribution >= 4 is 44.2 Å². The Kier molecular flexibility index (Phi) is 5.33. The number of nitrogens with zero attached hydrogens (tertiary/aromatic N) is 2. The topological polar surface area (TPSA) is 81.1 Å². The number of fused-ring (bicyclic) bond motifs is 1. The molecule has 136 valence electrons. The number of anilines is 1. The third-order valence-corrected chi connectivity index (χ3v) is 5.57. The normalized spacial score (nSPS) is 11.6. The summed E-state index contributed by atoms with van der Waals surface area (Å²) in [7, 11) is -3.43. The fraction of sp³-hybridized carbons (Fsp3) is 0.222. The van der Waals surface area contributed by atoms with E-state index in [4.69, 9.17) is 0 Å². The van der Waals surface area contributed by atoms with Crippen molar-refractivity contribution in [2.45, 2.75) is 17.2 Å². The van der Waals surface area contributed by atoms with Crippen LogP contribution in [0.2, 0.25) is 0 Å². The van der Waals surface area contributed by atoms with Gasteiger partial charge >= 0.3 is 0 Å². The highest BCUT2D eigenvalue weighted by Gasteiger charge is 2.17. The van der Waals surface area contributed by atoms with Crippen LogP contribution in [0.3, 0.4) is 0 Å². The summed E-state index contributed by atoms with van der Waals surface area (Å²) >= 11 is 1.63. The molecule has 8 heteroatoms. The van der Waals surface area contributed by atoms with Crippen molar-refractivity contribution in [3.05, 3.63) is 54.4 Å². The van der Waals surface area contributed by atoms with E-state index in [0.717, 1.165) is 23.1 Å². The van der Waals surface area contributed by atoms with E-state index in [1.54, 1.807) is 30.0 Å². The van der Waals surface area contributed by atoms with Crippen LogP contribution in [0.5, 0.6) is 0 Å². The summed E-state index contributed by atoms with van der Waals surface area (Å²) in [6, 6.07) is 14.0. The molecule has 1 aromatic heterocycles. The average Bonchev–Trinajstić information content (AvgIpc) is 2.92. The number of carbonyl (C=O) groups excluding carboxylic acids is 1. The minimum Gasteiger partial charge on any atom is -0.323 e. The molecule has 0 saturated carbocycles. The van der Waals surface area contributed by atoms with Gasteiger partial charge in [0.2, 0.25) is 5.91 Å². The van der Waals surface area contributed by atoms with E-state index in [9.17, 15) is 13.2 Å². The molecular formula is C18H19N3O3S2. The summed E-state index contributed by atoms with van der Waals surface area (Å²) < 4.78 is 25.7. The molecule has 0 fully saturated rings. The second kappa shape index (κ2) is 7.51. The lowest BCUT2D eigenvalue weighted by Gasteiger charge is -2.12. The Morgan fingerprint density at radius 3 is 2.58 bits per heavy atom. The molecule has 0 aliphatic rings. The van der Waals surface area contributed by atoms with Crippen molar-refractivity contribution in [3.63, 3.8) is 0 Å². The largest absolute Gasteiger partial charge is 0.323 e. The summed E-state index contributed by atoms with van der Waals surface area (Å²) in [6.45, 7) is 0.0640. The van der Waals surface area contributed by atoms with E-state index in [1.165, 1.54) is 6.07 Å². The summed E-state index contributed by atoms with van der Waals surface area (Å²) in [5, 5.41) is 2.72. The predicted octanol–water partition coefficient (Wildman–Crippen LogP) is 2.94. The molecule has 0 aliphatic heterocycles. The van der Waals surface area contributed by atoms with E-state index in [0.29, 0.717) is 5.75 Å². The van der Waals surface area contributed by atoms with E-state index in [-0.39, 0.29) is 23.0 Å². The number of sulfone groups is 1. The molecule has 0 atom stereocenters. The number of imidazole rings is 1. The lowest BCUT2D eigenvalue weighted by atomic mass is 10.3. The first-order chi connectivity index (χ1) is 12.4. The molecule has 0 radical (unpaired) electrons. The maximum atomic E-state index is 12.6. The Bertz CT molecular complexity index is 1060. The van der Waals surface area contributed by atoms with Gasteiger partial charge in [0.25, 0.3) is 0 Å². The van der Waals surface area contributed by atoms with Crippen LogP contribution in [0.25, 0.3) is 11.0 Å². The third-order valence-electron chi connectivity index (χ3n) is 3.87. The number of benzene rings is 2. The predicted molar refractivity (Wildman–Crippen MR) is 105 cm³/mol. The minimum atomic E-state index is -3.43. The molecule has 6 nitrogen and oxygen atoms in total. The molecular weight excluding hydrogens is 370 g/mol. The van der Waals surface area contributed by atoms with Crippen LogP contribution in [0.4, 0.5) is 5.69 Å². The number of amides is 1. The highest BCUT2D eigenvalue weighted by molar-refractivity contribution is 7.97. The molecule has 0 spiro atoms. The first-order valence-corrected chi connectivity index (χ1v) is 11.2. The summed E-state index contributed by atoms with van der Waals surface area (Å²) in [4.78, 5) is 17.3. The van der Waals surface area contributed by atoms with Gasteiger partial charge in [-0.05, 0) is 30.5 Å². The molecule has 0 unspecified atom stereocenters. The average molecular weight is 390 g/mol. The third kappa shape index (κ3) is 3.91. The van der Waals surface area contributed by atoms with E-state index in [1.807, 2.05) is 35.1 Å². The highest BCUT2D eigenvalue weighted by Crippen LogP contribution is 2.22. The van der Waals surface area contributed by atoms with Crippen LogP contribution in [-0.4, -0.2) is 36.4 Å². The van der Waals surface area contributed by atoms with Gasteiger partial charge in [0.05, 0.1) is 27.4 Å². The van der Waals surface area contributed by atoms with Gasteiger partial charge in [0, 0.05) is 6.26 Å². The zero-order chi connectivity index (χ0) is 18.7. The number of para-hydroxylation sites is 3. The molecule has 2 aromatic carbocycles. The van der Waals surface area contributed by atoms with Gasteiger partial charge in [0.15, 0.2) is 9.84 Å². The molecule has 1 N–H and O–H groups in total. The van der Waals surface area contributed by atoms with Crippen LogP contribution in [0.15, 0.2) is 53.4 Å². The molecule has 0 aliphatic carbocycles. The van der Waals surface area contributed by atoms with Gasteiger partial charge in [-0.3, -0.25) is 4.79 Å². The maximum Gasteiger partial charge on any atom is 0.244 e. The van der Waals surface area contributed by atoms with Crippen molar-refractivity contribution in [2.75, 3.05) is 17.8 Å². The second-order valence-corrected chi connectivity index (χ2v) is 8.70. The maximum absolute atomic E-state index is 12.6. The van der Waals surface area contributed by atoms with Gasteiger partial charge < -0.3 is 9.88 Å². The lowest BCUT2D eigenvalue weighted by molar-refractivity contribution is -0.116. The van der Waals surface area contributed by atoms with Gasteiger partial charge in [-0.25, -0.2) is 13.4 Å². The number of carbonyl (C=O) groups is 1. The van der Waals surface area contributed by atoms with Crippen LogP contribution in [-0.2, 0) is 26.9 Å². The van der Waals surface area contributed by atoms with Crippen molar-refractivity contribution < 1.29 is 13.2 Å². The molecule has 0 saturated heterocycles. The Morgan fingerprint density at radius 2 is 1.85 bits per heavy atom. The van der Waals surface area contributed by atoms with Crippen LogP contribution >= 0.6 is 11.8 Å². The summed E-state index contributed by atoms with van der Waals surface area (Å²) in [6.07, 6.45) is 3.10. The molecule has 1 heterocycles. The number of nitrogens with one attached hydrogen (secondary N) is 1. The zero-order valence-corrected chi connectivity index (χ0v) is 16.1. The van der Waals surface area contributed by atoms with E-state index in [2.05, 4.69) is 10.3 Å². The monoisotopic (exact) mass is 389 g/mol. The van der Waals surface area contributed by atoms with Crippen molar-refractivity contribution in [2.24, 2.45) is 0 Å². The summed E-state index contributed by atoms with van der Waals surface area (Å²) in [5.74, 6) is 1.19. The lowest BCUT2D eigenvalue weighted by Crippen LogP contribution is -2.21. The number of hydrogen-bond donors (Lipinski definition) is 1.